The summed E-state index contributed by atoms with van der Waals surface area (Å²) >= 11 is 0. The zero-order chi connectivity index (χ0) is 15.3. The number of hydrogen-bond donors (Lipinski definition) is 3. The monoisotopic (exact) mass is 298 g/mol. The number of ether oxygens (including phenoxy) is 1. The smallest absolute Gasteiger partial charge is 0.314 e. The maximum atomic E-state index is 11.8. The van der Waals surface area contributed by atoms with E-state index in [-0.39, 0.29) is 17.6 Å². The standard InChI is InChI=1S/C15H26N2O4/c1-15(7-2-8-21-15)10-17-14(20)16-9-11-3-5-12(6-4-11)13(18)19/h11-12H,2-10H2,1H3,(H,18,19)(H2,16,17,20). The van der Waals surface area contributed by atoms with Gasteiger partial charge in [-0.1, -0.05) is 0 Å². The fourth-order valence-electron chi connectivity index (χ4n) is 3.16. The van der Waals surface area contributed by atoms with E-state index in [9.17, 15) is 9.59 Å². The molecule has 2 aliphatic rings. The summed E-state index contributed by atoms with van der Waals surface area (Å²) in [7, 11) is 0. The summed E-state index contributed by atoms with van der Waals surface area (Å²) in [6.45, 7) is 3.94. The lowest BCUT2D eigenvalue weighted by Crippen LogP contribution is -2.45. The van der Waals surface area contributed by atoms with E-state index in [0.717, 1.165) is 45.1 Å². The fraction of sp³-hybridized carbons (Fsp3) is 0.867. The van der Waals surface area contributed by atoms with Crippen molar-refractivity contribution in [3.63, 3.8) is 0 Å². The lowest BCUT2D eigenvalue weighted by atomic mass is 9.82. The third-order valence-electron chi connectivity index (χ3n) is 4.67. The third-order valence-corrected chi connectivity index (χ3v) is 4.67. The Bertz CT molecular complexity index is 372. The molecule has 1 saturated heterocycles. The topological polar surface area (TPSA) is 87.7 Å². The van der Waals surface area contributed by atoms with Gasteiger partial charge in [0.25, 0.3) is 0 Å². The zero-order valence-corrected chi connectivity index (χ0v) is 12.7. The van der Waals surface area contributed by atoms with Crippen molar-refractivity contribution in [2.45, 2.75) is 51.0 Å². The number of rotatable bonds is 5. The highest BCUT2D eigenvalue weighted by Crippen LogP contribution is 2.28. The number of nitrogens with one attached hydrogen (secondary N) is 2. The van der Waals surface area contributed by atoms with Crippen LogP contribution in [-0.2, 0) is 9.53 Å². The van der Waals surface area contributed by atoms with Crippen LogP contribution in [0.25, 0.3) is 0 Å². The average molecular weight is 298 g/mol. The molecule has 0 bridgehead atoms. The van der Waals surface area contributed by atoms with Crippen LogP contribution in [0.5, 0.6) is 0 Å². The van der Waals surface area contributed by atoms with Gasteiger partial charge in [0, 0.05) is 19.7 Å². The number of hydrogen-bond acceptors (Lipinski definition) is 3. The number of carbonyl (C=O) groups excluding carboxylic acids is 1. The molecule has 1 aliphatic heterocycles. The van der Waals surface area contributed by atoms with Crippen LogP contribution in [-0.4, -0.2) is 42.4 Å². The summed E-state index contributed by atoms with van der Waals surface area (Å²) < 4.78 is 5.62. The maximum Gasteiger partial charge on any atom is 0.314 e. The van der Waals surface area contributed by atoms with E-state index >= 15 is 0 Å². The van der Waals surface area contributed by atoms with Crippen LogP contribution in [0.4, 0.5) is 4.79 Å². The summed E-state index contributed by atoms with van der Waals surface area (Å²) in [6, 6.07) is -0.160. The van der Waals surface area contributed by atoms with Crippen molar-refractivity contribution in [1.29, 1.82) is 0 Å². The first-order chi connectivity index (χ1) is 9.98. The van der Waals surface area contributed by atoms with Crippen molar-refractivity contribution in [2.75, 3.05) is 19.7 Å². The Morgan fingerprint density at radius 1 is 1.24 bits per heavy atom. The molecule has 0 aromatic rings. The van der Waals surface area contributed by atoms with Crippen molar-refractivity contribution in [2.24, 2.45) is 11.8 Å². The molecule has 0 aromatic carbocycles. The normalized spacial score (nSPS) is 32.6. The summed E-state index contributed by atoms with van der Waals surface area (Å²) in [5.74, 6) is -0.497. The van der Waals surface area contributed by atoms with Crippen molar-refractivity contribution in [3.05, 3.63) is 0 Å². The molecule has 0 spiro atoms. The highest BCUT2D eigenvalue weighted by atomic mass is 16.5. The Kier molecular flexibility index (Phi) is 5.45. The quantitative estimate of drug-likeness (QED) is 0.721. The number of amides is 2. The van der Waals surface area contributed by atoms with E-state index in [4.69, 9.17) is 9.84 Å². The number of urea groups is 1. The molecule has 3 N–H and O–H groups in total. The number of carboxylic acids is 1. The van der Waals surface area contributed by atoms with E-state index < -0.39 is 5.97 Å². The first-order valence-corrected chi connectivity index (χ1v) is 7.87. The molecule has 2 fully saturated rings. The van der Waals surface area contributed by atoms with Gasteiger partial charge in [-0.3, -0.25) is 4.79 Å². The summed E-state index contributed by atoms with van der Waals surface area (Å²) in [5, 5.41) is 14.7. The van der Waals surface area contributed by atoms with Crippen LogP contribution in [0.15, 0.2) is 0 Å². The second kappa shape index (κ2) is 7.11. The lowest BCUT2D eigenvalue weighted by Gasteiger charge is -2.27. The zero-order valence-electron chi connectivity index (χ0n) is 12.7. The van der Waals surface area contributed by atoms with Gasteiger partial charge in [-0.2, -0.15) is 0 Å². The van der Waals surface area contributed by atoms with Crippen molar-refractivity contribution in [3.8, 4) is 0 Å². The summed E-state index contributed by atoms with van der Waals surface area (Å²) in [4.78, 5) is 22.7. The second-order valence-corrected chi connectivity index (χ2v) is 6.52. The van der Waals surface area contributed by atoms with Gasteiger partial charge < -0.3 is 20.5 Å². The van der Waals surface area contributed by atoms with E-state index in [1.54, 1.807) is 0 Å². The van der Waals surface area contributed by atoms with E-state index in [1.165, 1.54) is 0 Å². The van der Waals surface area contributed by atoms with Gasteiger partial charge in [-0.25, -0.2) is 4.79 Å². The number of aliphatic carboxylic acids is 1. The van der Waals surface area contributed by atoms with Gasteiger partial charge in [-0.05, 0) is 51.4 Å². The molecular weight excluding hydrogens is 272 g/mol. The minimum Gasteiger partial charge on any atom is -0.481 e. The first-order valence-electron chi connectivity index (χ1n) is 7.87. The molecule has 1 heterocycles. The predicted molar refractivity (Wildman–Crippen MR) is 78.1 cm³/mol. The van der Waals surface area contributed by atoms with Crippen LogP contribution in [0, 0.1) is 11.8 Å². The molecule has 2 rings (SSSR count). The molecule has 1 atom stereocenters. The van der Waals surface area contributed by atoms with E-state index in [0.29, 0.717) is 19.0 Å². The van der Waals surface area contributed by atoms with E-state index in [1.807, 2.05) is 6.92 Å². The summed E-state index contributed by atoms with van der Waals surface area (Å²) in [6.07, 6.45) is 5.21. The molecular formula is C15H26N2O4. The fourth-order valence-corrected chi connectivity index (χ4v) is 3.16. The maximum absolute atomic E-state index is 11.8. The molecule has 21 heavy (non-hydrogen) atoms. The highest BCUT2D eigenvalue weighted by Gasteiger charge is 2.30. The summed E-state index contributed by atoms with van der Waals surface area (Å²) in [5.41, 5.74) is -0.225. The Morgan fingerprint density at radius 2 is 1.95 bits per heavy atom. The Labute approximate surface area is 125 Å². The van der Waals surface area contributed by atoms with Crippen molar-refractivity contribution >= 4 is 12.0 Å². The molecule has 0 radical (unpaired) electrons. The Hall–Kier alpha value is -1.30. The van der Waals surface area contributed by atoms with Crippen LogP contribution in [0.3, 0.4) is 0 Å². The molecule has 6 nitrogen and oxygen atoms in total. The van der Waals surface area contributed by atoms with Crippen LogP contribution in [0.1, 0.15) is 45.4 Å². The highest BCUT2D eigenvalue weighted by molar-refractivity contribution is 5.74. The largest absolute Gasteiger partial charge is 0.481 e. The van der Waals surface area contributed by atoms with E-state index in [2.05, 4.69) is 10.6 Å². The SMILES string of the molecule is CC1(CNC(=O)NCC2CCC(C(=O)O)CC2)CCCO1. The van der Waals surface area contributed by atoms with Gasteiger partial charge in [0.05, 0.1) is 11.5 Å². The molecule has 1 unspecified atom stereocenters. The first kappa shape index (κ1) is 16.1. The van der Waals surface area contributed by atoms with Crippen molar-refractivity contribution in [1.82, 2.24) is 10.6 Å². The molecule has 1 saturated carbocycles. The Morgan fingerprint density at radius 3 is 2.52 bits per heavy atom. The molecule has 2 amide bonds. The molecule has 6 heteroatoms. The molecule has 120 valence electrons. The number of carbonyl (C=O) groups is 2. The van der Waals surface area contributed by atoms with Gasteiger partial charge in [-0.15, -0.1) is 0 Å². The van der Waals surface area contributed by atoms with Crippen molar-refractivity contribution < 1.29 is 19.4 Å². The third kappa shape index (κ3) is 4.88. The van der Waals surface area contributed by atoms with Crippen LogP contribution in [0.2, 0.25) is 0 Å². The molecule has 1 aliphatic carbocycles. The predicted octanol–water partition coefficient (Wildman–Crippen LogP) is 1.75. The van der Waals surface area contributed by atoms with Gasteiger partial charge in [0.2, 0.25) is 0 Å². The minimum atomic E-state index is -0.691. The van der Waals surface area contributed by atoms with Gasteiger partial charge in [0.1, 0.15) is 0 Å². The van der Waals surface area contributed by atoms with Gasteiger partial charge in [0.15, 0.2) is 0 Å². The van der Waals surface area contributed by atoms with Crippen LogP contribution >= 0.6 is 0 Å². The minimum absolute atomic E-state index is 0.160. The average Bonchev–Trinajstić information content (AvgIpc) is 2.91. The van der Waals surface area contributed by atoms with Gasteiger partial charge >= 0.3 is 12.0 Å². The second-order valence-electron chi connectivity index (χ2n) is 6.52. The Balaban J connectivity index is 1.60. The number of carboxylic acid groups (broad SMARTS) is 1. The lowest BCUT2D eigenvalue weighted by molar-refractivity contribution is -0.143. The molecule has 0 aromatic heterocycles. The van der Waals surface area contributed by atoms with Crippen LogP contribution < -0.4 is 10.6 Å².